The molecule has 4 nitrogen and oxygen atoms in total. The summed E-state index contributed by atoms with van der Waals surface area (Å²) in [6.07, 6.45) is 4.31. The van der Waals surface area contributed by atoms with E-state index in [1.807, 2.05) is 0 Å². The summed E-state index contributed by atoms with van der Waals surface area (Å²) in [5, 5.41) is 0. The Bertz CT molecular complexity index is 577. The van der Waals surface area contributed by atoms with Crippen LogP contribution in [0.15, 0.2) is 35.4 Å². The summed E-state index contributed by atoms with van der Waals surface area (Å²) in [5.41, 5.74) is 2.30. The van der Waals surface area contributed by atoms with Gasteiger partial charge in [0.25, 0.3) is 0 Å². The van der Waals surface area contributed by atoms with Crippen molar-refractivity contribution < 1.29 is 9.47 Å². The Morgan fingerprint density at radius 2 is 1.58 bits per heavy atom. The molecule has 24 heavy (non-hydrogen) atoms. The van der Waals surface area contributed by atoms with Gasteiger partial charge in [-0.3, -0.25) is 0 Å². The highest BCUT2D eigenvalue weighted by Crippen LogP contribution is 2.24. The van der Waals surface area contributed by atoms with Crippen LogP contribution in [0, 0.1) is 0 Å². The molecular weight excluding hydrogens is 340 g/mol. The van der Waals surface area contributed by atoms with E-state index >= 15 is 0 Å². The fourth-order valence-corrected chi connectivity index (χ4v) is 3.61. The number of thiocarbonyl (C=S) groups is 1. The van der Waals surface area contributed by atoms with Crippen LogP contribution in [0.25, 0.3) is 5.57 Å². The molecule has 2 heterocycles. The average Bonchev–Trinajstić information content (AvgIpc) is 2.67. The fraction of sp³-hybridized carbons (Fsp3) is 0.500. The Morgan fingerprint density at radius 3 is 2.17 bits per heavy atom. The second-order valence-corrected chi connectivity index (χ2v) is 7.09. The van der Waals surface area contributed by atoms with Gasteiger partial charge in [-0.1, -0.05) is 24.4 Å². The van der Waals surface area contributed by atoms with E-state index in [0.717, 1.165) is 63.2 Å². The molecule has 0 aliphatic carbocycles. The third-order valence-corrected chi connectivity index (χ3v) is 5.51. The number of rotatable bonds is 4. The maximum absolute atomic E-state index is 5.85. The van der Waals surface area contributed by atoms with Crippen LogP contribution in [-0.4, -0.2) is 73.7 Å². The summed E-state index contributed by atoms with van der Waals surface area (Å²) in [5.74, 6) is 0. The molecule has 0 amide bonds. The van der Waals surface area contributed by atoms with Gasteiger partial charge in [0.1, 0.15) is 4.99 Å². The van der Waals surface area contributed by atoms with Crippen molar-refractivity contribution in [3.8, 4) is 0 Å². The van der Waals surface area contributed by atoms with Crippen LogP contribution in [0.5, 0.6) is 0 Å². The van der Waals surface area contributed by atoms with Crippen LogP contribution in [0.4, 0.5) is 0 Å². The minimum Gasteiger partial charge on any atom is -0.378 e. The van der Waals surface area contributed by atoms with Crippen LogP contribution in [0.1, 0.15) is 5.56 Å². The first-order chi connectivity index (χ1) is 11.8. The van der Waals surface area contributed by atoms with E-state index in [-0.39, 0.29) is 0 Å². The summed E-state index contributed by atoms with van der Waals surface area (Å²) in [7, 11) is 0. The Hall–Kier alpha value is -1.08. The number of nitrogens with zero attached hydrogens (tertiary/aromatic N) is 2. The Labute approximate surface area is 153 Å². The van der Waals surface area contributed by atoms with Crippen molar-refractivity contribution >= 4 is 34.5 Å². The molecule has 2 aliphatic rings. The van der Waals surface area contributed by atoms with E-state index in [2.05, 4.69) is 46.5 Å². The second-order valence-electron chi connectivity index (χ2n) is 5.82. The lowest BCUT2D eigenvalue weighted by atomic mass is 10.1. The van der Waals surface area contributed by atoms with E-state index in [1.165, 1.54) is 10.5 Å². The molecule has 0 radical (unpaired) electrons. The second kappa shape index (κ2) is 8.85. The summed E-state index contributed by atoms with van der Waals surface area (Å²) in [6.45, 7) is 6.60. The smallest absolute Gasteiger partial charge is 0.111 e. The molecule has 2 aliphatic heterocycles. The van der Waals surface area contributed by atoms with E-state index < -0.39 is 0 Å². The molecule has 0 N–H and O–H groups in total. The van der Waals surface area contributed by atoms with Crippen molar-refractivity contribution in [1.29, 1.82) is 0 Å². The van der Waals surface area contributed by atoms with Gasteiger partial charge in [-0.2, -0.15) is 0 Å². The molecule has 2 saturated heterocycles. The third kappa shape index (κ3) is 4.51. The molecule has 1 aromatic carbocycles. The molecule has 0 saturated carbocycles. The van der Waals surface area contributed by atoms with Gasteiger partial charge in [-0.25, -0.2) is 0 Å². The maximum Gasteiger partial charge on any atom is 0.111 e. The van der Waals surface area contributed by atoms with Crippen molar-refractivity contribution in [3.63, 3.8) is 0 Å². The normalized spacial score (nSPS) is 19.5. The first-order valence-corrected chi connectivity index (χ1v) is 9.96. The van der Waals surface area contributed by atoms with Gasteiger partial charge in [0.15, 0.2) is 0 Å². The number of hydrogen-bond donors (Lipinski definition) is 0. The van der Waals surface area contributed by atoms with Gasteiger partial charge >= 0.3 is 0 Å². The summed E-state index contributed by atoms with van der Waals surface area (Å²) >= 11 is 7.60. The van der Waals surface area contributed by atoms with Crippen molar-refractivity contribution in [2.75, 3.05) is 58.9 Å². The molecule has 0 aromatic heterocycles. The third-order valence-electron chi connectivity index (χ3n) is 4.29. The van der Waals surface area contributed by atoms with Crippen LogP contribution in [0.3, 0.4) is 0 Å². The molecule has 1 aromatic rings. The van der Waals surface area contributed by atoms with Crippen molar-refractivity contribution in [1.82, 2.24) is 9.80 Å². The lowest BCUT2D eigenvalue weighted by molar-refractivity contribution is 0.0595. The highest BCUT2D eigenvalue weighted by molar-refractivity contribution is 7.98. The summed E-state index contributed by atoms with van der Waals surface area (Å²) in [4.78, 5) is 6.75. The molecule has 0 bridgehead atoms. The standard InChI is InChI=1S/C18H24N2O2S2/c1-24-16-4-2-15(3-5-16)17(14-19-6-10-21-11-7-19)18(23)20-8-12-22-13-9-20/h2-5,14H,6-13H2,1H3. The van der Waals surface area contributed by atoms with E-state index in [4.69, 9.17) is 21.7 Å². The summed E-state index contributed by atoms with van der Waals surface area (Å²) in [6, 6.07) is 8.67. The van der Waals surface area contributed by atoms with Crippen molar-refractivity contribution in [2.45, 2.75) is 4.90 Å². The van der Waals surface area contributed by atoms with Gasteiger partial charge < -0.3 is 19.3 Å². The SMILES string of the molecule is CSc1ccc(C(=CN2CCOCC2)C(=S)N2CCOCC2)cc1. The molecular formula is C18H24N2O2S2. The molecule has 0 spiro atoms. The minimum absolute atomic E-state index is 0.746. The largest absolute Gasteiger partial charge is 0.378 e. The van der Waals surface area contributed by atoms with E-state index in [9.17, 15) is 0 Å². The van der Waals surface area contributed by atoms with Crippen LogP contribution < -0.4 is 0 Å². The first-order valence-electron chi connectivity index (χ1n) is 8.33. The van der Waals surface area contributed by atoms with Crippen molar-refractivity contribution in [3.05, 3.63) is 36.0 Å². The summed E-state index contributed by atoms with van der Waals surface area (Å²) < 4.78 is 10.9. The Balaban J connectivity index is 1.86. The van der Waals surface area contributed by atoms with E-state index in [0.29, 0.717) is 0 Å². The molecule has 6 heteroatoms. The van der Waals surface area contributed by atoms with E-state index in [1.54, 1.807) is 11.8 Å². The minimum atomic E-state index is 0.746. The molecule has 2 fully saturated rings. The Kier molecular flexibility index (Phi) is 6.54. The lowest BCUT2D eigenvalue weighted by Gasteiger charge is -2.32. The quantitative estimate of drug-likeness (QED) is 0.463. The van der Waals surface area contributed by atoms with Crippen LogP contribution in [0.2, 0.25) is 0 Å². The van der Waals surface area contributed by atoms with Gasteiger partial charge in [0.2, 0.25) is 0 Å². The average molecular weight is 365 g/mol. The molecule has 0 unspecified atom stereocenters. The maximum atomic E-state index is 5.85. The molecule has 3 rings (SSSR count). The monoisotopic (exact) mass is 364 g/mol. The van der Waals surface area contributed by atoms with Crippen LogP contribution >= 0.6 is 24.0 Å². The predicted molar refractivity (Wildman–Crippen MR) is 104 cm³/mol. The first kappa shape index (κ1) is 17.7. The fourth-order valence-electron chi connectivity index (χ4n) is 2.85. The van der Waals surface area contributed by atoms with Gasteiger partial charge in [0, 0.05) is 42.8 Å². The van der Waals surface area contributed by atoms with Gasteiger partial charge in [0.05, 0.1) is 26.4 Å². The highest BCUT2D eigenvalue weighted by Gasteiger charge is 2.20. The molecule has 0 atom stereocenters. The predicted octanol–water partition coefficient (Wildman–Crippen LogP) is 2.74. The van der Waals surface area contributed by atoms with Gasteiger partial charge in [-0.15, -0.1) is 11.8 Å². The van der Waals surface area contributed by atoms with Crippen molar-refractivity contribution in [2.24, 2.45) is 0 Å². The van der Waals surface area contributed by atoms with Gasteiger partial charge in [-0.05, 0) is 24.0 Å². The number of hydrogen-bond acceptors (Lipinski definition) is 5. The number of ether oxygens (including phenoxy) is 2. The number of morpholine rings is 2. The number of benzene rings is 1. The Morgan fingerprint density at radius 1 is 1.00 bits per heavy atom. The van der Waals surface area contributed by atoms with Crippen LogP contribution in [-0.2, 0) is 9.47 Å². The molecule has 130 valence electrons. The zero-order valence-electron chi connectivity index (χ0n) is 14.1. The zero-order valence-corrected chi connectivity index (χ0v) is 15.7. The lowest BCUT2D eigenvalue weighted by Crippen LogP contribution is -2.41. The number of thioether (sulfide) groups is 1. The highest BCUT2D eigenvalue weighted by atomic mass is 32.2. The zero-order chi connectivity index (χ0) is 16.8. The topological polar surface area (TPSA) is 24.9 Å².